The van der Waals surface area contributed by atoms with Crippen LogP contribution in [0.25, 0.3) is 0 Å². The van der Waals surface area contributed by atoms with Gasteiger partial charge in [-0.2, -0.15) is 0 Å². The summed E-state index contributed by atoms with van der Waals surface area (Å²) in [5.41, 5.74) is 1.35. The number of ether oxygens (including phenoxy) is 2. The van der Waals surface area contributed by atoms with Crippen LogP contribution < -0.4 is 4.74 Å². The van der Waals surface area contributed by atoms with Crippen LogP contribution in [-0.4, -0.2) is 25.5 Å². The van der Waals surface area contributed by atoms with Crippen molar-refractivity contribution >= 4 is 23.1 Å². The van der Waals surface area contributed by atoms with Crippen molar-refractivity contribution < 1.29 is 23.5 Å². The van der Waals surface area contributed by atoms with Crippen LogP contribution in [-0.2, 0) is 17.6 Å². The van der Waals surface area contributed by atoms with Gasteiger partial charge in [0.05, 0.1) is 7.11 Å². The van der Waals surface area contributed by atoms with Gasteiger partial charge in [0.25, 0.3) is 0 Å². The minimum Gasteiger partial charge on any atom is -0.494 e. The van der Waals surface area contributed by atoms with Crippen molar-refractivity contribution in [2.45, 2.75) is 26.2 Å². The van der Waals surface area contributed by atoms with E-state index in [2.05, 4.69) is 6.92 Å². The zero-order chi connectivity index (χ0) is 18.0. The highest BCUT2D eigenvalue weighted by molar-refractivity contribution is 7.14. The molecule has 1 aliphatic carbocycles. The van der Waals surface area contributed by atoms with E-state index in [9.17, 15) is 14.0 Å². The number of fused-ring (bicyclic) bond motifs is 1. The molecule has 132 valence electrons. The number of esters is 1. The number of carbonyl (C=O) groups excluding carboxylic acids is 2. The van der Waals surface area contributed by atoms with Gasteiger partial charge in [-0.3, -0.25) is 4.79 Å². The molecule has 0 radical (unpaired) electrons. The van der Waals surface area contributed by atoms with Crippen molar-refractivity contribution in [3.05, 3.63) is 51.0 Å². The maximum Gasteiger partial charge on any atom is 0.348 e. The van der Waals surface area contributed by atoms with Crippen molar-refractivity contribution in [2.24, 2.45) is 5.92 Å². The van der Waals surface area contributed by atoms with Crippen LogP contribution in [0.4, 0.5) is 4.39 Å². The summed E-state index contributed by atoms with van der Waals surface area (Å²) in [6, 6.07) is 5.78. The minimum atomic E-state index is -0.625. The van der Waals surface area contributed by atoms with Crippen LogP contribution in [0.5, 0.6) is 5.75 Å². The summed E-state index contributed by atoms with van der Waals surface area (Å²) in [5, 5.41) is 0. The molecule has 1 unspecified atom stereocenters. The molecule has 6 heteroatoms. The summed E-state index contributed by atoms with van der Waals surface area (Å²) >= 11 is 1.44. The van der Waals surface area contributed by atoms with E-state index in [4.69, 9.17) is 9.47 Å². The van der Waals surface area contributed by atoms with Gasteiger partial charge < -0.3 is 9.47 Å². The maximum absolute atomic E-state index is 13.7. The highest BCUT2D eigenvalue weighted by Crippen LogP contribution is 2.32. The lowest BCUT2D eigenvalue weighted by molar-refractivity contribution is 0.0479. The number of benzene rings is 1. The first-order chi connectivity index (χ1) is 12.0. The number of carbonyl (C=O) groups is 2. The standard InChI is InChI=1S/C19H19FO4S/c1-11-3-6-17-13(7-11)9-18(25-17)19(22)24-10-15(21)12-4-5-16(23-2)14(20)8-12/h4-5,8-9,11H,3,6-7,10H2,1-2H3. The average molecular weight is 362 g/mol. The van der Waals surface area contributed by atoms with E-state index in [0.717, 1.165) is 25.3 Å². The molecule has 1 aromatic carbocycles. The molecular weight excluding hydrogens is 343 g/mol. The van der Waals surface area contributed by atoms with Crippen molar-refractivity contribution in [3.8, 4) is 5.75 Å². The van der Waals surface area contributed by atoms with Crippen LogP contribution in [0.1, 0.15) is 43.8 Å². The number of aryl methyl sites for hydroxylation is 1. The van der Waals surface area contributed by atoms with Crippen LogP contribution in [0.15, 0.2) is 24.3 Å². The van der Waals surface area contributed by atoms with Gasteiger partial charge in [0.1, 0.15) is 4.88 Å². The van der Waals surface area contributed by atoms with Gasteiger partial charge in [0.2, 0.25) is 0 Å². The molecule has 25 heavy (non-hydrogen) atoms. The molecule has 0 spiro atoms. The Hall–Kier alpha value is -2.21. The predicted molar refractivity (Wildman–Crippen MR) is 93.1 cm³/mol. The Morgan fingerprint density at radius 1 is 1.32 bits per heavy atom. The lowest BCUT2D eigenvalue weighted by Gasteiger charge is -2.16. The van der Waals surface area contributed by atoms with E-state index in [-0.39, 0.29) is 11.3 Å². The Kier molecular flexibility index (Phi) is 5.18. The maximum atomic E-state index is 13.7. The zero-order valence-electron chi connectivity index (χ0n) is 14.1. The number of thiophene rings is 1. The second-order valence-corrected chi connectivity index (χ2v) is 7.39. The van der Waals surface area contributed by atoms with Gasteiger partial charge in [-0.15, -0.1) is 11.3 Å². The zero-order valence-corrected chi connectivity index (χ0v) is 15.0. The smallest absolute Gasteiger partial charge is 0.348 e. The van der Waals surface area contributed by atoms with E-state index in [0.29, 0.717) is 10.8 Å². The molecule has 0 saturated heterocycles. The Labute approximate surface area is 149 Å². The normalized spacial score (nSPS) is 16.2. The highest BCUT2D eigenvalue weighted by atomic mass is 32.1. The first-order valence-electron chi connectivity index (χ1n) is 8.13. The number of hydrogen-bond acceptors (Lipinski definition) is 5. The first-order valence-corrected chi connectivity index (χ1v) is 8.95. The third-order valence-electron chi connectivity index (χ3n) is 4.34. The number of halogens is 1. The van der Waals surface area contributed by atoms with Crippen LogP contribution in [0.3, 0.4) is 0 Å². The molecule has 0 amide bonds. The number of hydrogen-bond donors (Lipinski definition) is 0. The van der Waals surface area contributed by atoms with E-state index < -0.39 is 24.2 Å². The molecule has 1 aromatic heterocycles. The molecule has 0 fully saturated rings. The SMILES string of the molecule is COc1ccc(C(=O)COC(=O)c2cc3c(s2)CCC(C)C3)cc1F. The average Bonchev–Trinajstić information content (AvgIpc) is 3.02. The molecule has 0 saturated carbocycles. The fraction of sp³-hybridized carbons (Fsp3) is 0.368. The molecule has 0 bridgehead atoms. The largest absolute Gasteiger partial charge is 0.494 e. The predicted octanol–water partition coefficient (Wildman–Crippen LogP) is 4.06. The molecular formula is C19H19FO4S. The van der Waals surface area contributed by atoms with E-state index in [1.165, 1.54) is 41.0 Å². The topological polar surface area (TPSA) is 52.6 Å². The van der Waals surface area contributed by atoms with Crippen molar-refractivity contribution in [1.29, 1.82) is 0 Å². The monoisotopic (exact) mass is 362 g/mol. The molecule has 1 aliphatic rings. The van der Waals surface area contributed by atoms with Crippen LogP contribution in [0.2, 0.25) is 0 Å². The van der Waals surface area contributed by atoms with Gasteiger partial charge in [0.15, 0.2) is 24.0 Å². The second kappa shape index (κ2) is 7.35. The molecule has 2 aromatic rings. The van der Waals surface area contributed by atoms with Crippen molar-refractivity contribution in [1.82, 2.24) is 0 Å². The van der Waals surface area contributed by atoms with Gasteiger partial charge in [-0.05, 0) is 55.0 Å². The minimum absolute atomic E-state index is 0.0620. The van der Waals surface area contributed by atoms with Crippen molar-refractivity contribution in [2.75, 3.05) is 13.7 Å². The Morgan fingerprint density at radius 2 is 2.12 bits per heavy atom. The van der Waals surface area contributed by atoms with Crippen LogP contribution in [0, 0.1) is 11.7 Å². The van der Waals surface area contributed by atoms with Gasteiger partial charge in [0, 0.05) is 10.4 Å². The fourth-order valence-corrected chi connectivity index (χ4v) is 4.03. The van der Waals surface area contributed by atoms with Crippen LogP contribution >= 0.6 is 11.3 Å². The molecule has 3 rings (SSSR count). The summed E-state index contributed by atoms with van der Waals surface area (Å²) < 4.78 is 23.6. The van der Waals surface area contributed by atoms with E-state index >= 15 is 0 Å². The summed E-state index contributed by atoms with van der Waals surface area (Å²) in [6.45, 7) is 1.79. The Morgan fingerprint density at radius 3 is 2.84 bits per heavy atom. The highest BCUT2D eigenvalue weighted by Gasteiger charge is 2.22. The molecule has 1 atom stereocenters. The van der Waals surface area contributed by atoms with Crippen molar-refractivity contribution in [3.63, 3.8) is 0 Å². The number of rotatable bonds is 5. The number of methoxy groups -OCH3 is 1. The Bertz CT molecular complexity index is 812. The summed E-state index contributed by atoms with van der Waals surface area (Å²) in [6.07, 6.45) is 3.09. The quantitative estimate of drug-likeness (QED) is 0.595. The van der Waals surface area contributed by atoms with E-state index in [1.807, 2.05) is 6.07 Å². The summed E-state index contributed by atoms with van der Waals surface area (Å²) in [5.74, 6) is -0.900. The lowest BCUT2D eigenvalue weighted by atomic mass is 9.90. The number of ketones is 1. The second-order valence-electron chi connectivity index (χ2n) is 6.26. The molecule has 4 nitrogen and oxygen atoms in total. The fourth-order valence-electron chi connectivity index (χ4n) is 2.93. The summed E-state index contributed by atoms with van der Waals surface area (Å²) in [7, 11) is 1.35. The van der Waals surface area contributed by atoms with Gasteiger partial charge in [-0.1, -0.05) is 6.92 Å². The molecule has 0 aliphatic heterocycles. The molecule has 0 N–H and O–H groups in total. The lowest BCUT2D eigenvalue weighted by Crippen LogP contribution is -2.13. The summed E-state index contributed by atoms with van der Waals surface area (Å²) in [4.78, 5) is 26.0. The third kappa shape index (κ3) is 3.90. The van der Waals surface area contributed by atoms with Gasteiger partial charge in [-0.25, -0.2) is 9.18 Å². The number of Topliss-reactive ketones (excluding diaryl/α,β-unsaturated/α-hetero) is 1. The van der Waals surface area contributed by atoms with E-state index in [1.54, 1.807) is 0 Å². The van der Waals surface area contributed by atoms with Gasteiger partial charge >= 0.3 is 5.97 Å². The molecule has 1 heterocycles. The third-order valence-corrected chi connectivity index (χ3v) is 5.56. The first kappa shape index (κ1) is 17.6. The Balaban J connectivity index is 1.62.